The van der Waals surface area contributed by atoms with Crippen molar-refractivity contribution in [3.8, 4) is 11.5 Å². The van der Waals surface area contributed by atoms with Crippen LogP contribution in [-0.4, -0.2) is 91.4 Å². The number of alkyl halides is 2. The van der Waals surface area contributed by atoms with Crippen LogP contribution in [0.5, 0.6) is 11.5 Å². The lowest BCUT2D eigenvalue weighted by molar-refractivity contribution is -0.266. The van der Waals surface area contributed by atoms with E-state index in [1.807, 2.05) is 48.5 Å². The third kappa shape index (κ3) is 5.51. The number of anilines is 2. The number of hydrogen-bond acceptors (Lipinski definition) is 11. The lowest BCUT2D eigenvalue weighted by Gasteiger charge is -2.43. The van der Waals surface area contributed by atoms with E-state index < -0.39 is 64.7 Å². The zero-order valence-electron chi connectivity index (χ0n) is 33.9. The molecule has 6 aliphatic rings. The summed E-state index contributed by atoms with van der Waals surface area (Å²) >= 11 is 13.2. The topological polar surface area (TPSA) is 158 Å². The van der Waals surface area contributed by atoms with Crippen molar-refractivity contribution >= 4 is 85.8 Å². The zero-order chi connectivity index (χ0) is 42.9. The first kappa shape index (κ1) is 40.0. The van der Waals surface area contributed by atoms with Gasteiger partial charge in [0, 0.05) is 84.8 Å². The molecule has 3 aliphatic carbocycles. The van der Waals surface area contributed by atoms with Crippen molar-refractivity contribution in [2.45, 2.75) is 76.5 Å². The van der Waals surface area contributed by atoms with Crippen LogP contribution >= 0.6 is 23.2 Å². The fourth-order valence-electron chi connectivity index (χ4n) is 11.7. The largest absolute Gasteiger partial charge is 0.507 e. The molecule has 3 saturated carbocycles. The Hall–Kier alpha value is -5.11. The van der Waals surface area contributed by atoms with Crippen LogP contribution in [-0.2, 0) is 42.9 Å². The van der Waals surface area contributed by atoms with E-state index >= 15 is 4.79 Å². The van der Waals surface area contributed by atoms with Gasteiger partial charge in [-0.3, -0.25) is 19.2 Å². The fraction of sp³-hybridized carbons (Fsp3) is 0.457. The van der Waals surface area contributed by atoms with Crippen LogP contribution in [0.1, 0.15) is 63.0 Å². The van der Waals surface area contributed by atoms with Gasteiger partial charge in [0.2, 0.25) is 24.2 Å². The molecular weight excluding hydrogens is 827 g/mol. The van der Waals surface area contributed by atoms with Gasteiger partial charge in [0.15, 0.2) is 12.2 Å². The van der Waals surface area contributed by atoms with Gasteiger partial charge in [-0.15, -0.1) is 23.2 Å². The van der Waals surface area contributed by atoms with Gasteiger partial charge in [0.1, 0.15) is 11.5 Å². The van der Waals surface area contributed by atoms with Crippen LogP contribution in [0.25, 0.3) is 21.5 Å². The first-order valence-electron chi connectivity index (χ1n) is 20.5. The van der Waals surface area contributed by atoms with Crippen molar-refractivity contribution in [1.29, 1.82) is 0 Å². The van der Waals surface area contributed by atoms with Gasteiger partial charge >= 0.3 is 17.9 Å². The SMILES string of the molecule is COC(=O)[C@H]1O[C@@H](Oc2cc3c(c4ccccc24)[C@H](CCl)CN3C(=O)C23CC4(C(=O)N5C[C@@H](CCl)c6c5cc(O)c5ccccc65)CC42C3)[C@H](OC(C)=O)[C@@H](OC(C)=O)[C@@H]1C. The number of carbonyl (C=O) groups excluding carboxylic acids is 5. The molecule has 10 atom stereocenters. The van der Waals surface area contributed by atoms with Gasteiger partial charge in [-0.25, -0.2) is 4.79 Å². The molecule has 4 aromatic rings. The van der Waals surface area contributed by atoms with Gasteiger partial charge in [-0.2, -0.15) is 0 Å². The molecule has 1 spiro atoms. The van der Waals surface area contributed by atoms with Crippen LogP contribution in [0.3, 0.4) is 0 Å². The number of benzene rings is 4. The van der Waals surface area contributed by atoms with Gasteiger partial charge in [-0.1, -0.05) is 55.5 Å². The van der Waals surface area contributed by atoms with Crippen molar-refractivity contribution in [3.63, 3.8) is 0 Å². The quantitative estimate of drug-likeness (QED) is 0.109. The molecule has 318 valence electrons. The summed E-state index contributed by atoms with van der Waals surface area (Å²) in [5.74, 6) is -2.34. The number of phenols is 1. The molecule has 61 heavy (non-hydrogen) atoms. The Morgan fingerprint density at radius 1 is 0.754 bits per heavy atom. The second-order valence-electron chi connectivity index (χ2n) is 17.6. The van der Waals surface area contributed by atoms with E-state index in [1.54, 1.807) is 28.9 Å². The summed E-state index contributed by atoms with van der Waals surface area (Å²) in [5, 5.41) is 14.0. The van der Waals surface area contributed by atoms with E-state index in [9.17, 15) is 24.3 Å². The molecule has 0 radical (unpaired) electrons. The van der Waals surface area contributed by atoms with Gasteiger partial charge < -0.3 is 38.6 Å². The predicted octanol–water partition coefficient (Wildman–Crippen LogP) is 6.68. The molecule has 4 aromatic carbocycles. The smallest absolute Gasteiger partial charge is 0.335 e. The first-order chi connectivity index (χ1) is 29.2. The van der Waals surface area contributed by atoms with E-state index in [-0.39, 0.29) is 41.0 Å². The molecule has 1 saturated heterocycles. The van der Waals surface area contributed by atoms with Crippen LogP contribution < -0.4 is 14.5 Å². The van der Waals surface area contributed by atoms with Crippen molar-refractivity contribution in [2.24, 2.45) is 22.2 Å². The summed E-state index contributed by atoms with van der Waals surface area (Å²) in [7, 11) is 1.21. The number of carbonyl (C=O) groups is 5. The van der Waals surface area contributed by atoms with Crippen molar-refractivity contribution in [1.82, 2.24) is 0 Å². The molecule has 10 rings (SSSR count). The third-order valence-corrected chi connectivity index (χ3v) is 15.2. The number of amides is 2. The Morgan fingerprint density at radius 3 is 1.79 bits per heavy atom. The first-order valence-corrected chi connectivity index (χ1v) is 21.6. The molecule has 13 nitrogen and oxygen atoms in total. The van der Waals surface area contributed by atoms with Gasteiger partial charge in [-0.05, 0) is 41.2 Å². The van der Waals surface area contributed by atoms with Crippen LogP contribution in [0.4, 0.5) is 11.4 Å². The zero-order valence-corrected chi connectivity index (χ0v) is 35.5. The lowest BCUT2D eigenvalue weighted by Crippen LogP contribution is -2.60. The highest BCUT2D eigenvalue weighted by atomic mass is 35.5. The third-order valence-electron chi connectivity index (χ3n) is 14.5. The fourth-order valence-corrected chi connectivity index (χ4v) is 12.2. The molecule has 3 heterocycles. The van der Waals surface area contributed by atoms with Crippen molar-refractivity contribution in [3.05, 3.63) is 71.8 Å². The molecule has 0 aromatic heterocycles. The Labute approximate surface area is 361 Å². The van der Waals surface area contributed by atoms with Gasteiger partial charge in [0.25, 0.3) is 0 Å². The highest BCUT2D eigenvalue weighted by Gasteiger charge is 3.01. The highest BCUT2D eigenvalue weighted by molar-refractivity contribution is 6.20. The maximum Gasteiger partial charge on any atom is 0.335 e. The minimum atomic E-state index is -1.44. The normalized spacial score (nSPS) is 32.5. The van der Waals surface area contributed by atoms with Crippen molar-refractivity contribution < 1.29 is 52.8 Å². The predicted molar refractivity (Wildman–Crippen MR) is 224 cm³/mol. The Kier molecular flexibility index (Phi) is 9.15. The summed E-state index contributed by atoms with van der Waals surface area (Å²) in [6.45, 7) is 4.77. The summed E-state index contributed by atoms with van der Waals surface area (Å²) in [6, 6.07) is 18.5. The molecule has 4 fully saturated rings. The number of fused-ring (bicyclic) bond motifs is 6. The Morgan fingerprint density at radius 2 is 1.26 bits per heavy atom. The summed E-state index contributed by atoms with van der Waals surface area (Å²) in [5.41, 5.74) is 1.26. The number of rotatable bonds is 9. The lowest BCUT2D eigenvalue weighted by atomic mass is 9.72. The highest BCUT2D eigenvalue weighted by Crippen LogP contribution is 3.01. The average Bonchev–Trinajstić information content (AvgIpc) is 3.76. The van der Waals surface area contributed by atoms with Crippen LogP contribution in [0, 0.1) is 22.2 Å². The van der Waals surface area contributed by atoms with E-state index in [1.165, 1.54) is 21.0 Å². The molecule has 2 amide bonds. The molecule has 0 bridgehead atoms. The molecule has 3 unspecified atom stereocenters. The van der Waals surface area contributed by atoms with Crippen LogP contribution in [0.2, 0.25) is 0 Å². The number of ether oxygens (including phenoxy) is 5. The van der Waals surface area contributed by atoms with Crippen LogP contribution in [0.15, 0.2) is 60.7 Å². The minimum absolute atomic E-state index is 0.0273. The van der Waals surface area contributed by atoms with E-state index in [0.29, 0.717) is 60.4 Å². The molecule has 3 aliphatic heterocycles. The molecule has 15 heteroatoms. The number of aromatic hydroxyl groups is 1. The standard InChI is InChI=1S/C46H44Cl2N2O11/c1-22-37(58-23(2)51)39(59-24(3)52)41(61-38(22)40(54)57-4)60-34-14-32-36(30-12-8-6-10-28(30)34)26(16-48)18-50(32)43(56)45-19-44(20-46(44,45)21-45)42(55)49-17-25(15-47)35-29-11-7-5-9-27(29)33(53)13-31(35)49/h5-14,22,25-26,37-39,41,53H,15-21H2,1-4H3/t22-,25+,26+,37-,38-,39+,41+,44?,45?,46?/m0/s1. The van der Waals surface area contributed by atoms with Crippen molar-refractivity contribution in [2.75, 3.05) is 41.8 Å². The number of hydrogen-bond donors (Lipinski definition) is 1. The monoisotopic (exact) mass is 870 g/mol. The minimum Gasteiger partial charge on any atom is -0.507 e. The average molecular weight is 872 g/mol. The Bertz CT molecular complexity index is 2600. The Balaban J connectivity index is 0.974. The molecule has 1 N–H and O–H groups in total. The second-order valence-corrected chi connectivity index (χ2v) is 18.2. The molecular formula is C46H44Cl2N2O11. The number of methoxy groups -OCH3 is 1. The number of phenolic OH excluding ortho intramolecular Hbond substituents is 1. The summed E-state index contributed by atoms with van der Waals surface area (Å²) < 4.78 is 29.1. The van der Waals surface area contributed by atoms with Gasteiger partial charge in [0.05, 0.1) is 29.3 Å². The number of halogens is 2. The number of nitrogens with zero attached hydrogens (tertiary/aromatic N) is 2. The summed E-state index contributed by atoms with van der Waals surface area (Å²) in [4.78, 5) is 71.0. The van der Waals surface area contributed by atoms with E-state index in [0.717, 1.165) is 21.9 Å². The number of esters is 3. The second kappa shape index (κ2) is 14.0. The maximum atomic E-state index is 15.0. The van der Waals surface area contributed by atoms with E-state index in [4.69, 9.17) is 46.9 Å². The summed E-state index contributed by atoms with van der Waals surface area (Å²) in [6.07, 6.45) is -3.48. The van der Waals surface area contributed by atoms with E-state index in [2.05, 4.69) is 0 Å². The maximum absolute atomic E-state index is 15.0.